The normalized spacial score (nSPS) is 21.0. The van der Waals surface area contributed by atoms with Crippen LogP contribution in [0.3, 0.4) is 0 Å². The number of fused-ring (bicyclic) bond motifs is 1. The molecular weight excluding hydrogens is 350 g/mol. The SMILES string of the molecule is C[C@@H](Sc1nc2ccccc2c(=O)n1C[C@@H]1CCCO1)C(=O)NC1CC1. The number of carbonyl (C=O) groups is 1. The Bertz CT molecular complexity index is 872. The van der Waals surface area contributed by atoms with Crippen molar-refractivity contribution in [2.24, 2.45) is 0 Å². The Morgan fingerprint density at radius 2 is 2.19 bits per heavy atom. The minimum atomic E-state index is -0.306. The van der Waals surface area contributed by atoms with Crippen LogP contribution in [0.4, 0.5) is 0 Å². The monoisotopic (exact) mass is 373 g/mol. The third-order valence-electron chi connectivity index (χ3n) is 4.81. The van der Waals surface area contributed by atoms with E-state index in [0.29, 0.717) is 28.6 Å². The Hall–Kier alpha value is -1.86. The fraction of sp³-hybridized carbons (Fsp3) is 0.526. The molecule has 0 unspecified atom stereocenters. The molecule has 2 aliphatic rings. The summed E-state index contributed by atoms with van der Waals surface area (Å²) in [6.45, 7) is 3.08. The number of amides is 1. The summed E-state index contributed by atoms with van der Waals surface area (Å²) >= 11 is 1.34. The molecule has 1 N–H and O–H groups in total. The highest BCUT2D eigenvalue weighted by atomic mass is 32.2. The average molecular weight is 373 g/mol. The van der Waals surface area contributed by atoms with Gasteiger partial charge in [0.15, 0.2) is 5.16 Å². The first-order valence-corrected chi connectivity index (χ1v) is 10.1. The average Bonchev–Trinajstić information content (AvgIpc) is 3.30. The van der Waals surface area contributed by atoms with Gasteiger partial charge in [-0.3, -0.25) is 14.2 Å². The molecule has 1 saturated carbocycles. The molecule has 1 aliphatic carbocycles. The zero-order chi connectivity index (χ0) is 18.1. The summed E-state index contributed by atoms with van der Waals surface area (Å²) in [5.74, 6) is 0.00331. The number of para-hydroxylation sites is 1. The summed E-state index contributed by atoms with van der Waals surface area (Å²) in [6.07, 6.45) is 4.11. The lowest BCUT2D eigenvalue weighted by Gasteiger charge is -2.18. The van der Waals surface area contributed by atoms with E-state index in [1.807, 2.05) is 25.1 Å². The molecule has 4 rings (SSSR count). The van der Waals surface area contributed by atoms with Crippen LogP contribution in [0, 0.1) is 0 Å². The molecule has 1 saturated heterocycles. The van der Waals surface area contributed by atoms with E-state index >= 15 is 0 Å². The van der Waals surface area contributed by atoms with Crippen LogP contribution in [0.5, 0.6) is 0 Å². The molecule has 1 aromatic heterocycles. The second-order valence-corrected chi connectivity index (χ2v) is 8.31. The Balaban J connectivity index is 1.65. The summed E-state index contributed by atoms with van der Waals surface area (Å²) in [4.78, 5) is 30.0. The fourth-order valence-corrected chi connectivity index (χ4v) is 4.08. The second-order valence-electron chi connectivity index (χ2n) is 7.01. The molecule has 26 heavy (non-hydrogen) atoms. The first-order valence-electron chi connectivity index (χ1n) is 9.20. The molecule has 1 aliphatic heterocycles. The van der Waals surface area contributed by atoms with Gasteiger partial charge in [0.25, 0.3) is 5.56 Å². The van der Waals surface area contributed by atoms with Crippen LogP contribution in [0.2, 0.25) is 0 Å². The molecule has 2 aromatic rings. The van der Waals surface area contributed by atoms with E-state index in [1.54, 1.807) is 10.6 Å². The van der Waals surface area contributed by atoms with Crippen LogP contribution in [0.15, 0.2) is 34.2 Å². The van der Waals surface area contributed by atoms with Crippen LogP contribution in [0.1, 0.15) is 32.6 Å². The van der Waals surface area contributed by atoms with Crippen molar-refractivity contribution in [2.45, 2.75) is 61.7 Å². The van der Waals surface area contributed by atoms with Crippen molar-refractivity contribution in [1.82, 2.24) is 14.9 Å². The highest BCUT2D eigenvalue weighted by Gasteiger charge is 2.27. The molecule has 2 heterocycles. The minimum absolute atomic E-state index is 0.00331. The van der Waals surface area contributed by atoms with Gasteiger partial charge < -0.3 is 10.1 Å². The molecule has 6 nitrogen and oxygen atoms in total. The standard InChI is InChI=1S/C19H23N3O3S/c1-12(17(23)20-13-8-9-13)26-19-21-16-7-3-2-6-15(16)18(24)22(19)11-14-5-4-10-25-14/h2-3,6-7,12-14H,4-5,8-11H2,1H3,(H,20,23)/t12-,14+/m1/s1. The van der Waals surface area contributed by atoms with Crippen molar-refractivity contribution in [3.63, 3.8) is 0 Å². The van der Waals surface area contributed by atoms with Crippen molar-refractivity contribution >= 4 is 28.6 Å². The first kappa shape index (κ1) is 17.5. The van der Waals surface area contributed by atoms with Gasteiger partial charge in [0.1, 0.15) is 0 Å². The summed E-state index contributed by atoms with van der Waals surface area (Å²) in [6, 6.07) is 7.68. The molecule has 1 aromatic carbocycles. The van der Waals surface area contributed by atoms with Gasteiger partial charge in [-0.1, -0.05) is 23.9 Å². The zero-order valence-electron chi connectivity index (χ0n) is 14.8. The second kappa shape index (κ2) is 7.40. The maximum atomic E-state index is 13.0. The summed E-state index contributed by atoms with van der Waals surface area (Å²) in [5, 5.41) is 3.90. The van der Waals surface area contributed by atoms with Crippen molar-refractivity contribution in [3.8, 4) is 0 Å². The number of nitrogens with one attached hydrogen (secondary N) is 1. The lowest BCUT2D eigenvalue weighted by atomic mass is 10.2. The van der Waals surface area contributed by atoms with Crippen molar-refractivity contribution in [3.05, 3.63) is 34.6 Å². The predicted molar refractivity (Wildman–Crippen MR) is 101 cm³/mol. The van der Waals surface area contributed by atoms with Crippen LogP contribution in [-0.2, 0) is 16.1 Å². The number of nitrogens with zero attached hydrogens (tertiary/aromatic N) is 2. The Labute approximate surface area is 156 Å². The van der Waals surface area contributed by atoms with E-state index in [9.17, 15) is 9.59 Å². The topological polar surface area (TPSA) is 73.2 Å². The smallest absolute Gasteiger partial charge is 0.262 e. The molecule has 0 bridgehead atoms. The maximum Gasteiger partial charge on any atom is 0.262 e. The van der Waals surface area contributed by atoms with Crippen molar-refractivity contribution in [2.75, 3.05) is 6.61 Å². The first-order chi connectivity index (χ1) is 12.6. The van der Waals surface area contributed by atoms with Crippen LogP contribution < -0.4 is 10.9 Å². The lowest BCUT2D eigenvalue weighted by Crippen LogP contribution is -2.34. The number of thioether (sulfide) groups is 1. The van der Waals surface area contributed by atoms with Crippen LogP contribution in [-0.4, -0.2) is 39.5 Å². The van der Waals surface area contributed by atoms with E-state index in [-0.39, 0.29) is 22.8 Å². The van der Waals surface area contributed by atoms with Gasteiger partial charge in [0, 0.05) is 12.6 Å². The predicted octanol–water partition coefficient (Wildman–Crippen LogP) is 2.33. The number of carbonyl (C=O) groups excluding carboxylic acids is 1. The largest absolute Gasteiger partial charge is 0.376 e. The summed E-state index contributed by atoms with van der Waals surface area (Å²) in [5.41, 5.74) is 0.599. The van der Waals surface area contributed by atoms with E-state index in [1.165, 1.54) is 11.8 Å². The maximum absolute atomic E-state index is 13.0. The minimum Gasteiger partial charge on any atom is -0.376 e. The molecule has 1 amide bonds. The van der Waals surface area contributed by atoms with Gasteiger partial charge in [-0.15, -0.1) is 0 Å². The summed E-state index contributed by atoms with van der Waals surface area (Å²) in [7, 11) is 0. The van der Waals surface area contributed by atoms with E-state index in [4.69, 9.17) is 4.74 Å². The lowest BCUT2D eigenvalue weighted by molar-refractivity contribution is -0.120. The number of hydrogen-bond donors (Lipinski definition) is 1. The van der Waals surface area contributed by atoms with Crippen LogP contribution in [0.25, 0.3) is 10.9 Å². The number of rotatable bonds is 6. The molecule has 0 spiro atoms. The highest BCUT2D eigenvalue weighted by molar-refractivity contribution is 8.00. The molecule has 138 valence electrons. The molecule has 2 fully saturated rings. The van der Waals surface area contributed by atoms with Gasteiger partial charge in [-0.05, 0) is 44.7 Å². The number of benzene rings is 1. The van der Waals surface area contributed by atoms with E-state index in [2.05, 4.69) is 10.3 Å². The van der Waals surface area contributed by atoms with Gasteiger partial charge in [0.05, 0.1) is 28.8 Å². The molecular formula is C19H23N3O3S. The van der Waals surface area contributed by atoms with Gasteiger partial charge >= 0.3 is 0 Å². The molecule has 0 radical (unpaired) electrons. The number of ether oxygens (including phenoxy) is 1. The number of aromatic nitrogens is 2. The Kier molecular flexibility index (Phi) is 5.00. The Morgan fingerprint density at radius 1 is 1.38 bits per heavy atom. The molecule has 2 atom stereocenters. The quantitative estimate of drug-likeness (QED) is 0.621. The third-order valence-corrected chi connectivity index (χ3v) is 5.90. The number of hydrogen-bond acceptors (Lipinski definition) is 5. The molecule has 7 heteroatoms. The Morgan fingerprint density at radius 3 is 2.92 bits per heavy atom. The highest BCUT2D eigenvalue weighted by Crippen LogP contribution is 2.26. The fourth-order valence-electron chi connectivity index (χ4n) is 3.15. The van der Waals surface area contributed by atoms with Gasteiger partial charge in [-0.2, -0.15) is 0 Å². The zero-order valence-corrected chi connectivity index (χ0v) is 15.6. The summed E-state index contributed by atoms with van der Waals surface area (Å²) < 4.78 is 7.40. The van der Waals surface area contributed by atoms with Crippen molar-refractivity contribution in [1.29, 1.82) is 0 Å². The van der Waals surface area contributed by atoms with Gasteiger partial charge in [-0.25, -0.2) is 4.98 Å². The van der Waals surface area contributed by atoms with Crippen LogP contribution >= 0.6 is 11.8 Å². The van der Waals surface area contributed by atoms with Crippen molar-refractivity contribution < 1.29 is 9.53 Å². The van der Waals surface area contributed by atoms with E-state index < -0.39 is 0 Å². The third kappa shape index (κ3) is 3.78. The van der Waals surface area contributed by atoms with E-state index in [0.717, 1.165) is 32.3 Å². The van der Waals surface area contributed by atoms with Gasteiger partial charge in [0.2, 0.25) is 5.91 Å².